The van der Waals surface area contributed by atoms with Crippen LogP contribution in [0.1, 0.15) is 16.8 Å². The molecule has 1 aliphatic rings. The van der Waals surface area contributed by atoms with Gasteiger partial charge in [0.05, 0.1) is 28.3 Å². The van der Waals surface area contributed by atoms with Crippen LogP contribution >= 0.6 is 11.3 Å². The van der Waals surface area contributed by atoms with Crippen molar-refractivity contribution >= 4 is 42.6 Å². The van der Waals surface area contributed by atoms with Crippen LogP contribution in [0.4, 0.5) is 5.13 Å². The summed E-state index contributed by atoms with van der Waals surface area (Å²) in [6, 6.07) is 14.0. The molecular weight excluding hydrogens is 460 g/mol. The Morgan fingerprint density at radius 2 is 1.76 bits per heavy atom. The average Bonchev–Trinajstić information content (AvgIpc) is 3.26. The third-order valence-corrected chi connectivity index (χ3v) is 8.43. The molecule has 0 spiro atoms. The molecule has 3 aromatic rings. The van der Waals surface area contributed by atoms with Crippen molar-refractivity contribution in [1.82, 2.24) is 14.2 Å². The summed E-state index contributed by atoms with van der Waals surface area (Å²) >= 11 is 1.48. The number of hydrogen-bond acceptors (Lipinski definition) is 7. The van der Waals surface area contributed by atoms with E-state index in [1.807, 2.05) is 38.4 Å². The van der Waals surface area contributed by atoms with Crippen LogP contribution in [0.3, 0.4) is 0 Å². The molecule has 0 saturated carbocycles. The van der Waals surface area contributed by atoms with Gasteiger partial charge in [-0.05, 0) is 63.5 Å². The van der Waals surface area contributed by atoms with Gasteiger partial charge in [0.25, 0.3) is 5.91 Å². The first-order chi connectivity index (χ1) is 15.9. The lowest BCUT2D eigenvalue weighted by Gasteiger charge is -2.26. The highest BCUT2D eigenvalue weighted by Crippen LogP contribution is 2.30. The Balaban J connectivity index is 1.58. The van der Waals surface area contributed by atoms with Crippen LogP contribution < -0.4 is 4.90 Å². The van der Waals surface area contributed by atoms with Gasteiger partial charge in [-0.2, -0.15) is 4.31 Å². The van der Waals surface area contributed by atoms with Gasteiger partial charge in [0.15, 0.2) is 5.13 Å². The molecule has 0 aliphatic carbocycles. The molecule has 10 heteroatoms. The minimum Gasteiger partial charge on any atom is -0.379 e. The lowest BCUT2D eigenvalue weighted by atomic mass is 10.2. The molecule has 1 fully saturated rings. The van der Waals surface area contributed by atoms with Gasteiger partial charge in [0, 0.05) is 25.2 Å². The fourth-order valence-electron chi connectivity index (χ4n) is 3.67. The number of fused-ring (bicyclic) bond motifs is 1. The van der Waals surface area contributed by atoms with Crippen molar-refractivity contribution in [3.63, 3.8) is 0 Å². The van der Waals surface area contributed by atoms with E-state index in [1.165, 1.54) is 27.8 Å². The molecule has 2 aromatic carbocycles. The maximum Gasteiger partial charge on any atom is 0.260 e. The molecule has 0 N–H and O–H groups in total. The third-order valence-electron chi connectivity index (χ3n) is 5.45. The summed E-state index contributed by atoms with van der Waals surface area (Å²) < 4.78 is 33.5. The van der Waals surface area contributed by atoms with Crippen molar-refractivity contribution in [3.05, 3.63) is 54.1 Å². The predicted molar refractivity (Wildman–Crippen MR) is 130 cm³/mol. The highest BCUT2D eigenvalue weighted by molar-refractivity contribution is 7.89. The molecule has 2 heterocycles. The monoisotopic (exact) mass is 488 g/mol. The van der Waals surface area contributed by atoms with Crippen molar-refractivity contribution in [1.29, 1.82) is 0 Å². The first-order valence-corrected chi connectivity index (χ1v) is 13.1. The zero-order valence-electron chi connectivity index (χ0n) is 18.8. The SMILES string of the molecule is CN(C)CCCN(C(=O)c1ccc(S(=O)(=O)N2CCOCC2)cc1)c1nc2ccccc2s1. The highest BCUT2D eigenvalue weighted by Gasteiger charge is 2.27. The van der Waals surface area contributed by atoms with E-state index in [1.54, 1.807) is 17.0 Å². The second kappa shape index (κ2) is 10.3. The Morgan fingerprint density at radius 1 is 1.06 bits per heavy atom. The number of rotatable bonds is 8. The Labute approximate surface area is 198 Å². The van der Waals surface area contributed by atoms with Gasteiger partial charge in [-0.15, -0.1) is 0 Å². The number of amides is 1. The minimum absolute atomic E-state index is 0.181. The minimum atomic E-state index is -3.61. The maximum absolute atomic E-state index is 13.5. The number of ether oxygens (including phenoxy) is 1. The molecule has 4 rings (SSSR count). The average molecular weight is 489 g/mol. The molecule has 1 aliphatic heterocycles. The fourth-order valence-corrected chi connectivity index (χ4v) is 6.06. The normalized spacial score (nSPS) is 15.2. The Hall–Kier alpha value is -2.37. The highest BCUT2D eigenvalue weighted by atomic mass is 32.2. The van der Waals surface area contributed by atoms with Crippen molar-refractivity contribution in [3.8, 4) is 0 Å². The number of sulfonamides is 1. The predicted octanol–water partition coefficient (Wildman–Crippen LogP) is 2.92. The quantitative estimate of drug-likeness (QED) is 0.485. The molecule has 0 unspecified atom stereocenters. The van der Waals surface area contributed by atoms with Crippen molar-refractivity contribution in [2.45, 2.75) is 11.3 Å². The van der Waals surface area contributed by atoms with E-state index in [4.69, 9.17) is 4.74 Å². The van der Waals surface area contributed by atoms with E-state index in [-0.39, 0.29) is 10.8 Å². The molecule has 8 nitrogen and oxygen atoms in total. The molecule has 176 valence electrons. The number of hydrogen-bond donors (Lipinski definition) is 0. The first kappa shape index (κ1) is 23.8. The molecule has 0 atom stereocenters. The fraction of sp³-hybridized carbons (Fsp3) is 0.391. The molecule has 0 radical (unpaired) electrons. The number of anilines is 1. The number of para-hydroxylation sites is 1. The van der Waals surface area contributed by atoms with Gasteiger partial charge >= 0.3 is 0 Å². The number of carbonyl (C=O) groups excluding carboxylic acids is 1. The molecule has 0 bridgehead atoms. The van der Waals surface area contributed by atoms with E-state index < -0.39 is 10.0 Å². The van der Waals surface area contributed by atoms with Gasteiger partial charge in [0.2, 0.25) is 10.0 Å². The number of thiazole rings is 1. The summed E-state index contributed by atoms with van der Waals surface area (Å²) in [5.41, 5.74) is 1.29. The third kappa shape index (κ3) is 5.42. The smallest absolute Gasteiger partial charge is 0.260 e. The van der Waals surface area contributed by atoms with Crippen molar-refractivity contribution < 1.29 is 17.9 Å². The zero-order valence-corrected chi connectivity index (χ0v) is 20.4. The Kier molecular flexibility index (Phi) is 7.40. The summed E-state index contributed by atoms with van der Waals surface area (Å²) in [7, 11) is 0.390. The molecule has 1 saturated heterocycles. The molecule has 1 amide bonds. The summed E-state index contributed by atoms with van der Waals surface area (Å²) in [6.45, 7) is 2.80. The second-order valence-corrected chi connectivity index (χ2v) is 11.1. The standard InChI is InChI=1S/C23H28N4O4S2/c1-25(2)12-5-13-27(23-24-20-6-3-4-7-21(20)32-23)22(28)18-8-10-19(11-9-18)33(29,30)26-14-16-31-17-15-26/h3-4,6-11H,5,12-17H2,1-2H3. The van der Waals surface area contributed by atoms with E-state index in [9.17, 15) is 13.2 Å². The zero-order chi connectivity index (χ0) is 23.4. The van der Waals surface area contributed by atoms with Crippen molar-refractivity contribution in [2.24, 2.45) is 0 Å². The van der Waals surface area contributed by atoms with Crippen LogP contribution in [0, 0.1) is 0 Å². The Bertz CT molecular complexity index is 1170. The van der Waals surface area contributed by atoms with Crippen LogP contribution in [0.5, 0.6) is 0 Å². The number of benzene rings is 2. The van der Waals surface area contributed by atoms with Gasteiger partial charge in [0.1, 0.15) is 0 Å². The van der Waals surface area contributed by atoms with Crippen LogP contribution in [0.25, 0.3) is 10.2 Å². The topological polar surface area (TPSA) is 83.1 Å². The lowest BCUT2D eigenvalue weighted by Crippen LogP contribution is -2.40. The molecule has 1 aromatic heterocycles. The number of morpholine rings is 1. The first-order valence-electron chi connectivity index (χ1n) is 10.9. The molecule has 33 heavy (non-hydrogen) atoms. The number of aromatic nitrogens is 1. The Morgan fingerprint density at radius 3 is 2.42 bits per heavy atom. The van der Waals surface area contributed by atoms with Gasteiger partial charge < -0.3 is 9.64 Å². The second-order valence-electron chi connectivity index (χ2n) is 8.12. The largest absolute Gasteiger partial charge is 0.379 e. The van der Waals surface area contributed by atoms with E-state index in [0.29, 0.717) is 43.5 Å². The van der Waals surface area contributed by atoms with Gasteiger partial charge in [-0.3, -0.25) is 9.69 Å². The van der Waals surface area contributed by atoms with Crippen LogP contribution in [-0.2, 0) is 14.8 Å². The summed E-state index contributed by atoms with van der Waals surface area (Å²) in [5, 5.41) is 0.643. The number of carbonyl (C=O) groups is 1. The van der Waals surface area contributed by atoms with Gasteiger partial charge in [-0.25, -0.2) is 13.4 Å². The number of nitrogens with zero attached hydrogens (tertiary/aromatic N) is 4. The van der Waals surface area contributed by atoms with Crippen LogP contribution in [-0.4, -0.2) is 82.0 Å². The summed E-state index contributed by atoms with van der Waals surface area (Å²) in [5.74, 6) is -0.192. The van der Waals surface area contributed by atoms with Gasteiger partial charge in [-0.1, -0.05) is 23.5 Å². The lowest BCUT2D eigenvalue weighted by molar-refractivity contribution is 0.0730. The van der Waals surface area contributed by atoms with Crippen molar-refractivity contribution in [2.75, 3.05) is 58.4 Å². The molecular formula is C23H28N4O4S2. The van der Waals surface area contributed by atoms with E-state index in [0.717, 1.165) is 23.2 Å². The van der Waals surface area contributed by atoms with E-state index in [2.05, 4.69) is 9.88 Å². The van der Waals surface area contributed by atoms with E-state index >= 15 is 0 Å². The van der Waals surface area contributed by atoms with Crippen LogP contribution in [0.15, 0.2) is 53.4 Å². The summed E-state index contributed by atoms with van der Waals surface area (Å²) in [4.78, 5) is 22.1. The summed E-state index contributed by atoms with van der Waals surface area (Å²) in [6.07, 6.45) is 0.790. The van der Waals surface area contributed by atoms with Crippen LogP contribution in [0.2, 0.25) is 0 Å². The maximum atomic E-state index is 13.5.